The highest BCUT2D eigenvalue weighted by atomic mass is 16.4. The zero-order chi connectivity index (χ0) is 26.3. The molecule has 0 bridgehead atoms. The third-order valence-corrected chi connectivity index (χ3v) is 7.13. The molecule has 2 aromatic carbocycles. The van der Waals surface area contributed by atoms with E-state index in [-0.39, 0.29) is 24.2 Å². The van der Waals surface area contributed by atoms with Gasteiger partial charge >= 0.3 is 5.97 Å². The van der Waals surface area contributed by atoms with Crippen LogP contribution in [0.5, 0.6) is 0 Å². The summed E-state index contributed by atoms with van der Waals surface area (Å²) in [6, 6.07) is 10.8. The summed E-state index contributed by atoms with van der Waals surface area (Å²) < 4.78 is 0. The van der Waals surface area contributed by atoms with Crippen LogP contribution in [0.1, 0.15) is 50.4 Å². The molecule has 1 aliphatic heterocycles. The fourth-order valence-corrected chi connectivity index (χ4v) is 5.25. The van der Waals surface area contributed by atoms with Crippen molar-refractivity contribution in [1.82, 2.24) is 9.97 Å². The van der Waals surface area contributed by atoms with Crippen molar-refractivity contribution in [2.45, 2.75) is 58.2 Å². The molecule has 1 aliphatic rings. The van der Waals surface area contributed by atoms with Crippen LogP contribution >= 0.6 is 0 Å². The standard InChI is InChI=1S/C28H29N5O4/c1-15-12-19-10-11-29-14-21(19)28(30-15)31-20-8-6-18(7-9-20)22(13-23(34)35)32-24-25(27(37)26(24)36)33-16(2)4-5-17(33)3/h6-12,14,16-17,22,32H,4-5,13H2,1-3H3,(H,30,31)(H,34,35)/t16-,17?,22?/m0/s1. The summed E-state index contributed by atoms with van der Waals surface area (Å²) in [5.74, 6) is -0.330. The van der Waals surface area contributed by atoms with Gasteiger partial charge < -0.3 is 20.6 Å². The summed E-state index contributed by atoms with van der Waals surface area (Å²) in [5, 5.41) is 17.9. The normalized spacial score (nSPS) is 18.3. The number of hydrogen-bond donors (Lipinski definition) is 3. The van der Waals surface area contributed by atoms with Gasteiger partial charge in [0.2, 0.25) is 0 Å². The molecule has 2 aromatic heterocycles. The number of nitrogens with zero attached hydrogens (tertiary/aromatic N) is 3. The second kappa shape index (κ2) is 9.65. The van der Waals surface area contributed by atoms with Gasteiger partial charge in [-0.3, -0.25) is 19.4 Å². The number of hydrogen-bond acceptors (Lipinski definition) is 8. The molecule has 0 saturated carbocycles. The number of pyridine rings is 2. The highest BCUT2D eigenvalue weighted by Crippen LogP contribution is 2.35. The molecule has 4 aromatic rings. The second-order valence-corrected chi connectivity index (χ2v) is 9.82. The summed E-state index contributed by atoms with van der Waals surface area (Å²) in [6.07, 6.45) is 5.13. The molecule has 2 unspecified atom stereocenters. The van der Waals surface area contributed by atoms with E-state index >= 15 is 0 Å². The first-order chi connectivity index (χ1) is 17.7. The molecule has 0 spiro atoms. The van der Waals surface area contributed by atoms with E-state index in [9.17, 15) is 19.5 Å². The van der Waals surface area contributed by atoms with Gasteiger partial charge in [-0.05, 0) is 68.8 Å². The van der Waals surface area contributed by atoms with Crippen LogP contribution in [0.3, 0.4) is 0 Å². The molecule has 0 radical (unpaired) electrons. The molecule has 37 heavy (non-hydrogen) atoms. The number of carboxylic acid groups (broad SMARTS) is 1. The molecular weight excluding hydrogens is 470 g/mol. The zero-order valence-corrected chi connectivity index (χ0v) is 21.0. The second-order valence-electron chi connectivity index (χ2n) is 9.82. The van der Waals surface area contributed by atoms with E-state index in [4.69, 9.17) is 0 Å². The lowest BCUT2D eigenvalue weighted by atomic mass is 10.0. The molecule has 1 saturated heterocycles. The van der Waals surface area contributed by atoms with E-state index in [2.05, 4.69) is 20.6 Å². The van der Waals surface area contributed by atoms with Crippen LogP contribution in [0.4, 0.5) is 22.9 Å². The maximum absolute atomic E-state index is 12.5. The fourth-order valence-electron chi connectivity index (χ4n) is 5.25. The Morgan fingerprint density at radius 1 is 1.11 bits per heavy atom. The number of nitrogens with one attached hydrogen (secondary N) is 2. The van der Waals surface area contributed by atoms with E-state index in [1.165, 1.54) is 0 Å². The molecule has 3 atom stereocenters. The molecule has 1 fully saturated rings. The number of benzene rings is 1. The lowest BCUT2D eigenvalue weighted by Crippen LogP contribution is -2.46. The van der Waals surface area contributed by atoms with Gasteiger partial charge in [0, 0.05) is 41.2 Å². The zero-order valence-electron chi connectivity index (χ0n) is 21.0. The molecule has 9 heteroatoms. The van der Waals surface area contributed by atoms with Gasteiger partial charge in [-0.25, -0.2) is 4.98 Å². The third-order valence-electron chi connectivity index (χ3n) is 7.13. The highest BCUT2D eigenvalue weighted by Gasteiger charge is 2.36. The number of aryl methyl sites for hydroxylation is 1. The Bertz CT molecular complexity index is 1530. The van der Waals surface area contributed by atoms with Crippen molar-refractivity contribution in [3.8, 4) is 0 Å². The van der Waals surface area contributed by atoms with E-state index in [0.29, 0.717) is 17.1 Å². The predicted molar refractivity (Wildman–Crippen MR) is 145 cm³/mol. The van der Waals surface area contributed by atoms with Gasteiger partial charge in [0.1, 0.15) is 17.2 Å². The average Bonchev–Trinajstić information content (AvgIpc) is 3.20. The number of rotatable bonds is 8. The summed E-state index contributed by atoms with van der Waals surface area (Å²) in [5.41, 5.74) is 1.82. The van der Waals surface area contributed by atoms with Crippen LogP contribution in [0.25, 0.3) is 10.8 Å². The molecule has 9 nitrogen and oxygen atoms in total. The van der Waals surface area contributed by atoms with Gasteiger partial charge in [-0.1, -0.05) is 12.1 Å². The molecule has 3 heterocycles. The predicted octanol–water partition coefficient (Wildman–Crippen LogP) is 4.28. The van der Waals surface area contributed by atoms with Crippen molar-refractivity contribution >= 4 is 39.6 Å². The Morgan fingerprint density at radius 3 is 2.49 bits per heavy atom. The quantitative estimate of drug-likeness (QED) is 0.305. The maximum atomic E-state index is 12.5. The van der Waals surface area contributed by atoms with E-state index in [1.807, 2.05) is 62.1 Å². The average molecular weight is 500 g/mol. The largest absolute Gasteiger partial charge is 0.481 e. The van der Waals surface area contributed by atoms with Crippen LogP contribution < -0.4 is 26.4 Å². The van der Waals surface area contributed by atoms with E-state index in [1.54, 1.807) is 12.4 Å². The van der Waals surface area contributed by atoms with Crippen LogP contribution in [-0.2, 0) is 4.79 Å². The van der Waals surface area contributed by atoms with Crippen LogP contribution in [0, 0.1) is 6.92 Å². The first-order valence-corrected chi connectivity index (χ1v) is 12.4. The topological polar surface area (TPSA) is 125 Å². The smallest absolute Gasteiger partial charge is 0.305 e. The minimum absolute atomic E-state index is 0.142. The van der Waals surface area contributed by atoms with Crippen LogP contribution in [0.2, 0.25) is 0 Å². The molecule has 0 aliphatic carbocycles. The van der Waals surface area contributed by atoms with Gasteiger partial charge in [-0.2, -0.15) is 0 Å². The lowest BCUT2D eigenvalue weighted by Gasteiger charge is -2.32. The molecule has 5 rings (SSSR count). The molecule has 190 valence electrons. The Kier molecular flexibility index (Phi) is 6.37. The van der Waals surface area contributed by atoms with Gasteiger partial charge in [0.05, 0.1) is 12.5 Å². The number of carboxylic acids is 1. The SMILES string of the molecule is Cc1cc2ccncc2c(Nc2ccc(C(CC(=O)O)Nc3c(N4C(C)CC[C@@H]4C)c(=O)c3=O)cc2)n1. The van der Waals surface area contributed by atoms with Gasteiger partial charge in [0.25, 0.3) is 10.9 Å². The number of anilines is 4. The van der Waals surface area contributed by atoms with E-state index < -0.39 is 22.9 Å². The summed E-state index contributed by atoms with van der Waals surface area (Å²) in [6.45, 7) is 6.00. The van der Waals surface area contributed by atoms with E-state index in [0.717, 1.165) is 35.0 Å². The third kappa shape index (κ3) is 4.64. The first-order valence-electron chi connectivity index (χ1n) is 12.4. The van der Waals surface area contributed by atoms with Crippen molar-refractivity contribution in [3.05, 3.63) is 80.5 Å². The van der Waals surface area contributed by atoms with Crippen molar-refractivity contribution in [2.75, 3.05) is 15.5 Å². The highest BCUT2D eigenvalue weighted by molar-refractivity contribution is 5.93. The van der Waals surface area contributed by atoms with Crippen LogP contribution in [0.15, 0.2) is 58.4 Å². The first kappa shape index (κ1) is 24.4. The summed E-state index contributed by atoms with van der Waals surface area (Å²) in [4.78, 5) is 47.5. The van der Waals surface area contributed by atoms with Crippen molar-refractivity contribution in [3.63, 3.8) is 0 Å². The number of aromatic nitrogens is 2. The molecule has 0 amide bonds. The number of carbonyl (C=O) groups is 1. The Balaban J connectivity index is 1.41. The Morgan fingerprint density at radius 2 is 1.81 bits per heavy atom. The van der Waals surface area contributed by atoms with Crippen LogP contribution in [-0.4, -0.2) is 33.1 Å². The lowest BCUT2D eigenvalue weighted by molar-refractivity contribution is -0.137. The Labute approximate surface area is 213 Å². The maximum Gasteiger partial charge on any atom is 0.305 e. The minimum atomic E-state index is -1.01. The van der Waals surface area contributed by atoms with Gasteiger partial charge in [0.15, 0.2) is 0 Å². The monoisotopic (exact) mass is 499 g/mol. The molecule has 3 N–H and O–H groups in total. The van der Waals surface area contributed by atoms with Crippen molar-refractivity contribution in [1.29, 1.82) is 0 Å². The van der Waals surface area contributed by atoms with Crippen molar-refractivity contribution in [2.24, 2.45) is 0 Å². The Hall–Kier alpha value is -4.27. The summed E-state index contributed by atoms with van der Waals surface area (Å²) in [7, 11) is 0. The summed E-state index contributed by atoms with van der Waals surface area (Å²) >= 11 is 0. The minimum Gasteiger partial charge on any atom is -0.481 e. The fraction of sp³-hybridized carbons (Fsp3) is 0.321. The van der Waals surface area contributed by atoms with Gasteiger partial charge in [-0.15, -0.1) is 0 Å². The van der Waals surface area contributed by atoms with Crippen molar-refractivity contribution < 1.29 is 9.90 Å². The number of fused-ring (bicyclic) bond motifs is 1. The molecular formula is C28H29N5O4. The number of aliphatic carboxylic acids is 1.